The van der Waals surface area contributed by atoms with Gasteiger partial charge in [0.25, 0.3) is 10.0 Å². The molecule has 0 bridgehead atoms. The highest BCUT2D eigenvalue weighted by molar-refractivity contribution is 7.93. The summed E-state index contributed by atoms with van der Waals surface area (Å²) in [6, 6.07) is 21.7. The number of rotatable bonds is 9. The Morgan fingerprint density at radius 3 is 2.17 bits per heavy atom. The molecule has 0 saturated heterocycles. The third-order valence-electron chi connectivity index (χ3n) is 6.14. The van der Waals surface area contributed by atoms with Crippen molar-refractivity contribution in [1.29, 1.82) is 0 Å². The molecule has 0 aliphatic rings. The highest BCUT2D eigenvalue weighted by Gasteiger charge is 2.19. The number of hydrogen-bond acceptors (Lipinski definition) is 7. The van der Waals surface area contributed by atoms with E-state index in [1.165, 1.54) is 44.2 Å². The van der Waals surface area contributed by atoms with E-state index < -0.39 is 27.9 Å². The lowest BCUT2D eigenvalue weighted by Gasteiger charge is -2.14. The van der Waals surface area contributed by atoms with Gasteiger partial charge in [-0.15, -0.1) is 0 Å². The lowest BCUT2D eigenvalue weighted by molar-refractivity contribution is -0.134. The molecule has 9 nitrogen and oxygen atoms in total. The van der Waals surface area contributed by atoms with Crippen LogP contribution in [0.15, 0.2) is 89.8 Å². The molecule has 4 rings (SSSR count). The molecule has 4 aromatic rings. The first-order chi connectivity index (χ1) is 19.9. The van der Waals surface area contributed by atoms with E-state index in [4.69, 9.17) is 9.47 Å². The molecule has 0 unspecified atom stereocenters. The average molecular weight is 587 g/mol. The van der Waals surface area contributed by atoms with Crippen LogP contribution in [0.3, 0.4) is 0 Å². The van der Waals surface area contributed by atoms with Gasteiger partial charge in [0.2, 0.25) is 5.91 Å². The van der Waals surface area contributed by atoms with Crippen LogP contribution in [0.4, 0.5) is 11.4 Å². The summed E-state index contributed by atoms with van der Waals surface area (Å²) in [6.07, 6.45) is 2.77. The second-order valence-corrected chi connectivity index (χ2v) is 11.4. The standard InChI is InChI=1S/C32H30N2O7S/c1-20(2)24-8-5-9-25(19-24)34-42(38,39)31-13-7-10-26-27(31)11-6-12-28(26)33-32(37)17-15-23-14-16-29(40-21(3)35)30(18-23)41-22(4)36/h5-20,34H,1-4H3,(H,33,37)/b17-15+. The molecule has 0 spiro atoms. The van der Waals surface area contributed by atoms with Crippen molar-refractivity contribution >= 4 is 56.1 Å². The van der Waals surface area contributed by atoms with Crippen molar-refractivity contribution in [2.24, 2.45) is 0 Å². The lowest BCUT2D eigenvalue weighted by atomic mass is 10.0. The van der Waals surface area contributed by atoms with E-state index in [1.54, 1.807) is 42.5 Å². The van der Waals surface area contributed by atoms with E-state index in [0.717, 1.165) is 5.56 Å². The number of ether oxygens (including phenoxy) is 2. The Morgan fingerprint density at radius 2 is 1.45 bits per heavy atom. The van der Waals surface area contributed by atoms with Crippen molar-refractivity contribution in [2.45, 2.75) is 38.5 Å². The van der Waals surface area contributed by atoms with Crippen LogP contribution in [-0.2, 0) is 24.4 Å². The fourth-order valence-electron chi connectivity index (χ4n) is 4.24. The summed E-state index contributed by atoms with van der Waals surface area (Å²) < 4.78 is 39.6. The van der Waals surface area contributed by atoms with Gasteiger partial charge < -0.3 is 14.8 Å². The summed E-state index contributed by atoms with van der Waals surface area (Å²) in [4.78, 5) is 35.7. The van der Waals surface area contributed by atoms with Crippen LogP contribution in [0.25, 0.3) is 16.8 Å². The number of carbonyl (C=O) groups is 3. The maximum atomic E-state index is 13.4. The summed E-state index contributed by atoms with van der Waals surface area (Å²) in [5.41, 5.74) is 2.41. The molecule has 0 saturated carbocycles. The molecular formula is C32H30N2O7S. The van der Waals surface area contributed by atoms with Crippen molar-refractivity contribution in [1.82, 2.24) is 0 Å². The number of sulfonamides is 1. The van der Waals surface area contributed by atoms with Gasteiger partial charge in [-0.3, -0.25) is 19.1 Å². The Kier molecular flexibility index (Phi) is 9.07. The number of nitrogens with one attached hydrogen (secondary N) is 2. The predicted octanol–water partition coefficient (Wildman–Crippen LogP) is 6.27. The monoisotopic (exact) mass is 586 g/mol. The minimum atomic E-state index is -3.94. The molecule has 0 heterocycles. The zero-order valence-electron chi connectivity index (χ0n) is 23.5. The predicted molar refractivity (Wildman–Crippen MR) is 162 cm³/mol. The van der Waals surface area contributed by atoms with Crippen molar-refractivity contribution in [3.8, 4) is 11.5 Å². The van der Waals surface area contributed by atoms with Gasteiger partial charge in [-0.1, -0.05) is 56.3 Å². The molecule has 0 aliphatic carbocycles. The van der Waals surface area contributed by atoms with Gasteiger partial charge in [0.05, 0.1) is 4.90 Å². The van der Waals surface area contributed by atoms with E-state index in [-0.39, 0.29) is 22.3 Å². The van der Waals surface area contributed by atoms with E-state index in [1.807, 2.05) is 32.0 Å². The molecule has 10 heteroatoms. The fourth-order valence-corrected chi connectivity index (χ4v) is 5.52. The molecular weight excluding hydrogens is 556 g/mol. The molecule has 2 N–H and O–H groups in total. The normalized spacial score (nSPS) is 11.5. The molecule has 0 aromatic heterocycles. The first-order valence-corrected chi connectivity index (χ1v) is 14.6. The number of fused-ring (bicyclic) bond motifs is 1. The van der Waals surface area contributed by atoms with Gasteiger partial charge >= 0.3 is 11.9 Å². The maximum absolute atomic E-state index is 13.4. The van der Waals surface area contributed by atoms with Crippen LogP contribution in [-0.4, -0.2) is 26.3 Å². The molecule has 42 heavy (non-hydrogen) atoms. The Bertz CT molecular complexity index is 1810. The van der Waals surface area contributed by atoms with Gasteiger partial charge in [-0.25, -0.2) is 8.42 Å². The molecule has 0 atom stereocenters. The fraction of sp³-hybridized carbons (Fsp3) is 0.156. The molecule has 1 amide bonds. The third kappa shape index (κ3) is 7.41. The van der Waals surface area contributed by atoms with Crippen molar-refractivity contribution in [3.05, 3.63) is 96.1 Å². The number of carbonyl (C=O) groups excluding carboxylic acids is 3. The smallest absolute Gasteiger partial charge is 0.308 e. The molecule has 0 fully saturated rings. The first-order valence-electron chi connectivity index (χ1n) is 13.1. The van der Waals surface area contributed by atoms with Gasteiger partial charge in [0, 0.05) is 42.1 Å². The quantitative estimate of drug-likeness (QED) is 0.134. The zero-order chi connectivity index (χ0) is 30.4. The van der Waals surface area contributed by atoms with Gasteiger partial charge in [-0.2, -0.15) is 0 Å². The minimum absolute atomic E-state index is 0.0348. The Hall–Kier alpha value is -4.96. The third-order valence-corrected chi connectivity index (χ3v) is 7.58. The second-order valence-electron chi connectivity index (χ2n) is 9.76. The minimum Gasteiger partial charge on any atom is -0.423 e. The van der Waals surface area contributed by atoms with Crippen LogP contribution in [0.1, 0.15) is 44.7 Å². The molecule has 216 valence electrons. The average Bonchev–Trinajstić information content (AvgIpc) is 2.92. The first kappa shape index (κ1) is 30.0. The van der Waals surface area contributed by atoms with Crippen molar-refractivity contribution in [2.75, 3.05) is 10.0 Å². The van der Waals surface area contributed by atoms with Crippen LogP contribution in [0.5, 0.6) is 11.5 Å². The largest absolute Gasteiger partial charge is 0.423 e. The summed E-state index contributed by atoms with van der Waals surface area (Å²) >= 11 is 0. The summed E-state index contributed by atoms with van der Waals surface area (Å²) in [5, 5.41) is 3.78. The summed E-state index contributed by atoms with van der Waals surface area (Å²) in [5.74, 6) is -1.30. The van der Waals surface area contributed by atoms with Gasteiger partial charge in [0.1, 0.15) is 0 Å². The summed E-state index contributed by atoms with van der Waals surface area (Å²) in [6.45, 7) is 6.51. The lowest BCUT2D eigenvalue weighted by Crippen LogP contribution is -2.14. The molecule has 0 aliphatic heterocycles. The highest BCUT2D eigenvalue weighted by Crippen LogP contribution is 2.31. The molecule has 0 radical (unpaired) electrons. The number of anilines is 2. The Balaban J connectivity index is 1.57. The topological polar surface area (TPSA) is 128 Å². The van der Waals surface area contributed by atoms with E-state index in [2.05, 4.69) is 10.0 Å². The van der Waals surface area contributed by atoms with Gasteiger partial charge in [0.15, 0.2) is 11.5 Å². The number of esters is 2. The number of hydrogen-bond donors (Lipinski definition) is 2. The Morgan fingerprint density at radius 1 is 0.786 bits per heavy atom. The Labute approximate surface area is 244 Å². The maximum Gasteiger partial charge on any atom is 0.308 e. The van der Waals surface area contributed by atoms with E-state index >= 15 is 0 Å². The van der Waals surface area contributed by atoms with Crippen LogP contribution < -0.4 is 19.5 Å². The second kappa shape index (κ2) is 12.7. The number of amides is 1. The summed E-state index contributed by atoms with van der Waals surface area (Å²) in [7, 11) is -3.94. The zero-order valence-corrected chi connectivity index (χ0v) is 24.3. The van der Waals surface area contributed by atoms with Crippen molar-refractivity contribution in [3.63, 3.8) is 0 Å². The molecule has 4 aromatic carbocycles. The van der Waals surface area contributed by atoms with Crippen molar-refractivity contribution < 1.29 is 32.3 Å². The van der Waals surface area contributed by atoms with E-state index in [9.17, 15) is 22.8 Å². The van der Waals surface area contributed by atoms with Crippen LogP contribution in [0, 0.1) is 0 Å². The highest BCUT2D eigenvalue weighted by atomic mass is 32.2. The van der Waals surface area contributed by atoms with Crippen LogP contribution >= 0.6 is 0 Å². The van der Waals surface area contributed by atoms with E-state index in [0.29, 0.717) is 27.7 Å². The SMILES string of the molecule is CC(=O)Oc1ccc(/C=C/C(=O)Nc2cccc3c(S(=O)(=O)Nc4cccc(C(C)C)c4)cccc23)cc1OC(C)=O. The van der Waals surface area contributed by atoms with Crippen LogP contribution in [0.2, 0.25) is 0 Å². The number of benzene rings is 4. The van der Waals surface area contributed by atoms with Gasteiger partial charge in [-0.05, 0) is 59.5 Å².